The van der Waals surface area contributed by atoms with Crippen molar-refractivity contribution in [2.24, 2.45) is 11.8 Å². The molecule has 1 saturated heterocycles. The number of anilines is 1. The SMILES string of the molecule is CNC(C)c1c(OC)cccc1N1CCC(C(C)C)CC1. The Morgan fingerprint density at radius 1 is 1.19 bits per heavy atom. The van der Waals surface area contributed by atoms with Gasteiger partial charge in [-0.1, -0.05) is 19.9 Å². The fraction of sp³-hybridized carbons (Fsp3) is 0.667. The number of ether oxygens (including phenoxy) is 1. The highest BCUT2D eigenvalue weighted by Crippen LogP contribution is 2.37. The van der Waals surface area contributed by atoms with Gasteiger partial charge in [0, 0.05) is 30.4 Å². The average molecular weight is 290 g/mol. The third-order valence-corrected chi connectivity index (χ3v) is 4.95. The predicted molar refractivity (Wildman–Crippen MR) is 90.2 cm³/mol. The van der Waals surface area contributed by atoms with Gasteiger partial charge >= 0.3 is 0 Å². The Morgan fingerprint density at radius 2 is 1.86 bits per heavy atom. The second kappa shape index (κ2) is 7.17. The van der Waals surface area contributed by atoms with Crippen molar-refractivity contribution in [1.29, 1.82) is 0 Å². The van der Waals surface area contributed by atoms with Crippen LogP contribution in [0, 0.1) is 11.8 Å². The van der Waals surface area contributed by atoms with Gasteiger partial charge in [0.1, 0.15) is 5.75 Å². The molecule has 3 heteroatoms. The molecule has 0 amide bonds. The predicted octanol–water partition coefficient (Wildman–Crippen LogP) is 3.85. The summed E-state index contributed by atoms with van der Waals surface area (Å²) in [6.07, 6.45) is 2.59. The molecule has 0 radical (unpaired) electrons. The lowest BCUT2D eigenvalue weighted by Crippen LogP contribution is -2.36. The van der Waals surface area contributed by atoms with Gasteiger partial charge in [0.2, 0.25) is 0 Å². The fourth-order valence-corrected chi connectivity index (χ4v) is 3.37. The third-order valence-electron chi connectivity index (χ3n) is 4.95. The molecule has 1 unspecified atom stereocenters. The van der Waals surface area contributed by atoms with Crippen LogP contribution < -0.4 is 15.0 Å². The molecule has 1 heterocycles. The van der Waals surface area contributed by atoms with Crippen molar-refractivity contribution in [3.63, 3.8) is 0 Å². The first-order chi connectivity index (χ1) is 10.1. The molecule has 1 fully saturated rings. The van der Waals surface area contributed by atoms with Gasteiger partial charge in [-0.15, -0.1) is 0 Å². The molecule has 2 rings (SSSR count). The average Bonchev–Trinajstić information content (AvgIpc) is 2.53. The highest BCUT2D eigenvalue weighted by atomic mass is 16.5. The number of nitrogens with one attached hydrogen (secondary N) is 1. The van der Waals surface area contributed by atoms with Gasteiger partial charge in [0.05, 0.1) is 7.11 Å². The van der Waals surface area contributed by atoms with Crippen molar-refractivity contribution in [2.75, 3.05) is 32.1 Å². The zero-order chi connectivity index (χ0) is 15.4. The van der Waals surface area contributed by atoms with Crippen molar-refractivity contribution < 1.29 is 4.74 Å². The molecule has 1 aromatic carbocycles. The highest BCUT2D eigenvalue weighted by Gasteiger charge is 2.25. The van der Waals surface area contributed by atoms with E-state index < -0.39 is 0 Å². The molecule has 21 heavy (non-hydrogen) atoms. The van der Waals surface area contributed by atoms with Crippen molar-refractivity contribution in [3.05, 3.63) is 23.8 Å². The molecule has 3 nitrogen and oxygen atoms in total. The van der Waals surface area contributed by atoms with Crippen LogP contribution in [0.2, 0.25) is 0 Å². The van der Waals surface area contributed by atoms with Gasteiger partial charge in [-0.3, -0.25) is 0 Å². The standard InChI is InChI=1S/C18H30N2O/c1-13(2)15-9-11-20(12-10-15)16-7-6-8-17(21-5)18(16)14(3)19-4/h6-8,13-15,19H,9-12H2,1-5H3. The number of hydrogen-bond donors (Lipinski definition) is 1. The van der Waals surface area contributed by atoms with Gasteiger partial charge < -0.3 is 15.0 Å². The maximum absolute atomic E-state index is 5.59. The Hall–Kier alpha value is -1.22. The topological polar surface area (TPSA) is 24.5 Å². The minimum atomic E-state index is 0.291. The van der Waals surface area contributed by atoms with E-state index in [1.165, 1.54) is 24.1 Å². The molecule has 1 aliphatic heterocycles. The number of benzene rings is 1. The van der Waals surface area contributed by atoms with Gasteiger partial charge in [0.25, 0.3) is 0 Å². The molecule has 0 aliphatic carbocycles. The van der Waals surface area contributed by atoms with Crippen LogP contribution in [-0.4, -0.2) is 27.2 Å². The molecule has 1 aliphatic rings. The summed E-state index contributed by atoms with van der Waals surface area (Å²) >= 11 is 0. The maximum atomic E-state index is 5.59. The summed E-state index contributed by atoms with van der Waals surface area (Å²) < 4.78 is 5.59. The van der Waals surface area contributed by atoms with Crippen LogP contribution in [0.3, 0.4) is 0 Å². The van der Waals surface area contributed by atoms with Gasteiger partial charge in [-0.25, -0.2) is 0 Å². The van der Waals surface area contributed by atoms with E-state index in [9.17, 15) is 0 Å². The minimum absolute atomic E-state index is 0.291. The van der Waals surface area contributed by atoms with Crippen LogP contribution in [0.4, 0.5) is 5.69 Å². The maximum Gasteiger partial charge on any atom is 0.125 e. The fourth-order valence-electron chi connectivity index (χ4n) is 3.37. The van der Waals surface area contributed by atoms with E-state index in [4.69, 9.17) is 4.74 Å². The van der Waals surface area contributed by atoms with E-state index in [0.29, 0.717) is 6.04 Å². The van der Waals surface area contributed by atoms with Crippen molar-refractivity contribution >= 4 is 5.69 Å². The summed E-state index contributed by atoms with van der Waals surface area (Å²) in [5, 5.41) is 3.36. The largest absolute Gasteiger partial charge is 0.496 e. The van der Waals surface area contributed by atoms with Crippen LogP contribution in [0.1, 0.15) is 45.2 Å². The van der Waals surface area contributed by atoms with Crippen molar-refractivity contribution in [2.45, 2.75) is 39.7 Å². The Labute approximate surface area is 129 Å². The summed E-state index contributed by atoms with van der Waals surface area (Å²) in [6.45, 7) is 9.20. The van der Waals surface area contributed by atoms with Gasteiger partial charge in [-0.2, -0.15) is 0 Å². The quantitative estimate of drug-likeness (QED) is 0.891. The zero-order valence-corrected chi connectivity index (χ0v) is 14.1. The lowest BCUT2D eigenvalue weighted by molar-refractivity contribution is 0.311. The summed E-state index contributed by atoms with van der Waals surface area (Å²) in [5.41, 5.74) is 2.61. The molecule has 0 aromatic heterocycles. The third kappa shape index (κ3) is 3.52. The van der Waals surface area contributed by atoms with Crippen LogP contribution in [0.15, 0.2) is 18.2 Å². The molecule has 1 N–H and O–H groups in total. The smallest absolute Gasteiger partial charge is 0.125 e. The van der Waals surface area contributed by atoms with E-state index >= 15 is 0 Å². The van der Waals surface area contributed by atoms with E-state index in [1.54, 1.807) is 7.11 Å². The van der Waals surface area contributed by atoms with E-state index in [1.807, 2.05) is 7.05 Å². The van der Waals surface area contributed by atoms with Crippen LogP contribution in [0.5, 0.6) is 5.75 Å². The normalized spacial score (nSPS) is 18.1. The van der Waals surface area contributed by atoms with Crippen molar-refractivity contribution in [3.8, 4) is 5.75 Å². The van der Waals surface area contributed by atoms with Crippen LogP contribution in [-0.2, 0) is 0 Å². The lowest BCUT2D eigenvalue weighted by atomic mass is 9.86. The minimum Gasteiger partial charge on any atom is -0.496 e. The van der Waals surface area contributed by atoms with Crippen molar-refractivity contribution in [1.82, 2.24) is 5.32 Å². The number of piperidine rings is 1. The summed E-state index contributed by atoms with van der Waals surface area (Å²) in [5.74, 6) is 2.66. The van der Waals surface area contributed by atoms with E-state index in [0.717, 1.165) is 30.7 Å². The molecule has 118 valence electrons. The first-order valence-corrected chi connectivity index (χ1v) is 8.17. The van der Waals surface area contributed by atoms with Gasteiger partial charge in [-0.05, 0) is 50.8 Å². The summed E-state index contributed by atoms with van der Waals surface area (Å²) in [6, 6.07) is 6.70. The second-order valence-corrected chi connectivity index (χ2v) is 6.47. The molecular weight excluding hydrogens is 260 g/mol. The Bertz CT molecular complexity index is 451. The molecule has 1 aromatic rings. The number of methoxy groups -OCH3 is 1. The molecule has 0 saturated carbocycles. The van der Waals surface area contributed by atoms with Gasteiger partial charge in [0.15, 0.2) is 0 Å². The number of nitrogens with zero attached hydrogens (tertiary/aromatic N) is 1. The second-order valence-electron chi connectivity index (χ2n) is 6.47. The molecule has 0 spiro atoms. The summed E-state index contributed by atoms with van der Waals surface area (Å²) in [4.78, 5) is 2.53. The number of hydrogen-bond acceptors (Lipinski definition) is 3. The van der Waals surface area contributed by atoms with E-state index in [2.05, 4.69) is 49.2 Å². The first kappa shape index (κ1) is 16.2. The van der Waals surface area contributed by atoms with Crippen LogP contribution in [0.25, 0.3) is 0 Å². The van der Waals surface area contributed by atoms with Crippen LogP contribution >= 0.6 is 0 Å². The number of rotatable bonds is 5. The first-order valence-electron chi connectivity index (χ1n) is 8.17. The molecule has 0 bridgehead atoms. The highest BCUT2D eigenvalue weighted by molar-refractivity contribution is 5.61. The summed E-state index contributed by atoms with van der Waals surface area (Å²) in [7, 11) is 3.77. The lowest BCUT2D eigenvalue weighted by Gasteiger charge is -2.37. The zero-order valence-electron chi connectivity index (χ0n) is 14.1. The Balaban J connectivity index is 2.24. The monoisotopic (exact) mass is 290 g/mol. The Kier molecular flexibility index (Phi) is 5.51. The van der Waals surface area contributed by atoms with E-state index in [-0.39, 0.29) is 0 Å². The molecular formula is C18H30N2O. The Morgan fingerprint density at radius 3 is 2.38 bits per heavy atom. The molecule has 1 atom stereocenters.